The van der Waals surface area contributed by atoms with Crippen molar-refractivity contribution >= 4 is 27.4 Å². The van der Waals surface area contributed by atoms with E-state index in [1.807, 2.05) is 6.07 Å². The van der Waals surface area contributed by atoms with Gasteiger partial charge in [-0.15, -0.1) is 0 Å². The van der Waals surface area contributed by atoms with Gasteiger partial charge in [0.1, 0.15) is 5.82 Å². The van der Waals surface area contributed by atoms with Crippen LogP contribution >= 0.6 is 15.9 Å². The first-order chi connectivity index (χ1) is 7.16. The quantitative estimate of drug-likeness (QED) is 0.833. The number of rotatable bonds is 1. The average molecular weight is 271 g/mol. The van der Waals surface area contributed by atoms with Gasteiger partial charge in [-0.3, -0.25) is 0 Å². The van der Waals surface area contributed by atoms with Gasteiger partial charge < -0.3 is 15.5 Å². The topological polar surface area (TPSA) is 45.4 Å². The molecule has 1 aromatic heterocycles. The molecule has 0 radical (unpaired) electrons. The minimum Gasteiger partial charge on any atom is -0.398 e. The van der Waals surface area contributed by atoms with Crippen molar-refractivity contribution in [3.05, 3.63) is 16.7 Å². The summed E-state index contributed by atoms with van der Waals surface area (Å²) in [5.41, 5.74) is 6.58. The summed E-state index contributed by atoms with van der Waals surface area (Å²) in [6, 6.07) is 1.93. The van der Waals surface area contributed by atoms with Gasteiger partial charge in [-0.25, -0.2) is 4.98 Å². The third-order valence-corrected chi connectivity index (χ3v) is 3.36. The van der Waals surface area contributed by atoms with E-state index in [9.17, 15) is 0 Å². The number of halogens is 1. The first-order valence-electron chi connectivity index (χ1n) is 5.01. The molecule has 0 bridgehead atoms. The van der Waals surface area contributed by atoms with E-state index in [0.717, 1.165) is 42.2 Å². The second kappa shape index (κ2) is 4.37. The minimum atomic E-state index is 0.749. The summed E-state index contributed by atoms with van der Waals surface area (Å²) >= 11 is 3.35. The van der Waals surface area contributed by atoms with E-state index in [2.05, 4.69) is 37.8 Å². The number of hydrogen-bond donors (Lipinski definition) is 1. The van der Waals surface area contributed by atoms with E-state index in [1.165, 1.54) is 0 Å². The molecular weight excluding hydrogens is 256 g/mol. The zero-order valence-corrected chi connectivity index (χ0v) is 10.4. The van der Waals surface area contributed by atoms with Crippen molar-refractivity contribution in [3.63, 3.8) is 0 Å². The normalized spacial score (nSPS) is 18.1. The van der Waals surface area contributed by atoms with E-state index in [4.69, 9.17) is 5.73 Å². The zero-order chi connectivity index (χ0) is 10.8. The van der Waals surface area contributed by atoms with E-state index in [1.54, 1.807) is 6.20 Å². The Morgan fingerprint density at radius 3 is 2.60 bits per heavy atom. The third kappa shape index (κ3) is 2.41. The molecule has 2 rings (SSSR count). The van der Waals surface area contributed by atoms with Crippen molar-refractivity contribution in [2.24, 2.45) is 0 Å². The van der Waals surface area contributed by atoms with Gasteiger partial charge in [-0.05, 0) is 23.0 Å². The van der Waals surface area contributed by atoms with Crippen LogP contribution in [-0.4, -0.2) is 43.1 Å². The van der Waals surface area contributed by atoms with Crippen molar-refractivity contribution in [3.8, 4) is 0 Å². The Hall–Kier alpha value is -0.810. The molecule has 1 aromatic rings. The molecule has 0 aromatic carbocycles. The molecule has 0 spiro atoms. The van der Waals surface area contributed by atoms with Crippen molar-refractivity contribution < 1.29 is 0 Å². The average Bonchev–Trinajstić information content (AvgIpc) is 2.23. The smallest absolute Gasteiger partial charge is 0.130 e. The zero-order valence-electron chi connectivity index (χ0n) is 8.78. The summed E-state index contributed by atoms with van der Waals surface area (Å²) in [4.78, 5) is 8.95. The Morgan fingerprint density at radius 1 is 1.33 bits per heavy atom. The number of aromatic nitrogens is 1. The van der Waals surface area contributed by atoms with Gasteiger partial charge in [-0.1, -0.05) is 0 Å². The highest BCUT2D eigenvalue weighted by Gasteiger charge is 2.15. The minimum absolute atomic E-state index is 0.749. The lowest BCUT2D eigenvalue weighted by molar-refractivity contribution is 0.312. The summed E-state index contributed by atoms with van der Waals surface area (Å²) in [7, 11) is 2.14. The summed E-state index contributed by atoms with van der Waals surface area (Å²) in [6.07, 6.45) is 1.77. The van der Waals surface area contributed by atoms with Crippen LogP contribution in [0.5, 0.6) is 0 Å². The second-order valence-electron chi connectivity index (χ2n) is 3.85. The molecule has 1 fully saturated rings. The Bertz CT molecular complexity index is 347. The predicted octanol–water partition coefficient (Wildman–Crippen LogP) is 1.18. The molecule has 2 heterocycles. The molecule has 4 nitrogen and oxygen atoms in total. The summed E-state index contributed by atoms with van der Waals surface area (Å²) < 4.78 is 0.861. The maximum atomic E-state index is 5.83. The first-order valence-corrected chi connectivity index (χ1v) is 5.80. The highest BCUT2D eigenvalue weighted by molar-refractivity contribution is 9.10. The van der Waals surface area contributed by atoms with Gasteiger partial charge in [-0.2, -0.15) is 0 Å². The number of nitrogens with two attached hydrogens (primary N) is 1. The second-order valence-corrected chi connectivity index (χ2v) is 4.71. The van der Waals surface area contributed by atoms with Gasteiger partial charge >= 0.3 is 0 Å². The molecular formula is C10H15BrN4. The summed E-state index contributed by atoms with van der Waals surface area (Å²) in [5.74, 6) is 0.976. The van der Waals surface area contributed by atoms with Gasteiger partial charge in [0.2, 0.25) is 0 Å². The predicted molar refractivity (Wildman–Crippen MR) is 66.1 cm³/mol. The molecule has 2 N–H and O–H groups in total. The SMILES string of the molecule is CN1CCN(c2cc(N)c(Br)cn2)CC1. The van der Waals surface area contributed by atoms with Crippen LogP contribution in [0.15, 0.2) is 16.7 Å². The maximum Gasteiger partial charge on any atom is 0.130 e. The van der Waals surface area contributed by atoms with Crippen LogP contribution in [-0.2, 0) is 0 Å². The lowest BCUT2D eigenvalue weighted by atomic mass is 10.3. The highest BCUT2D eigenvalue weighted by atomic mass is 79.9. The van der Waals surface area contributed by atoms with Crippen molar-refractivity contribution in [1.82, 2.24) is 9.88 Å². The molecule has 0 aliphatic carbocycles. The fourth-order valence-electron chi connectivity index (χ4n) is 1.65. The number of piperazine rings is 1. The van der Waals surface area contributed by atoms with E-state index < -0.39 is 0 Å². The van der Waals surface area contributed by atoms with Gasteiger partial charge in [0.25, 0.3) is 0 Å². The number of nitrogen functional groups attached to an aromatic ring is 1. The fourth-order valence-corrected chi connectivity index (χ4v) is 1.87. The van der Waals surface area contributed by atoms with Gasteiger partial charge in [0.15, 0.2) is 0 Å². The van der Waals surface area contributed by atoms with Crippen molar-refractivity contribution in [2.45, 2.75) is 0 Å². The van der Waals surface area contributed by atoms with Crippen LogP contribution in [0, 0.1) is 0 Å². The molecule has 15 heavy (non-hydrogen) atoms. The van der Waals surface area contributed by atoms with Gasteiger partial charge in [0, 0.05) is 38.4 Å². The third-order valence-electron chi connectivity index (χ3n) is 2.70. The number of nitrogens with zero attached hydrogens (tertiary/aromatic N) is 3. The standard InChI is InChI=1S/C10H15BrN4/c1-14-2-4-15(5-3-14)10-6-9(12)8(11)7-13-10/h6-7H,2-5H2,1H3,(H2,12,13). The Morgan fingerprint density at radius 2 is 2.00 bits per heavy atom. The van der Waals surface area contributed by atoms with E-state index in [0.29, 0.717) is 0 Å². The molecule has 0 unspecified atom stereocenters. The molecule has 1 saturated heterocycles. The van der Waals surface area contributed by atoms with Crippen LogP contribution in [0.3, 0.4) is 0 Å². The fraction of sp³-hybridized carbons (Fsp3) is 0.500. The molecule has 82 valence electrons. The van der Waals surface area contributed by atoms with Crippen LogP contribution in [0.1, 0.15) is 0 Å². The van der Waals surface area contributed by atoms with Crippen molar-refractivity contribution in [1.29, 1.82) is 0 Å². The first kappa shape index (κ1) is 10.7. The monoisotopic (exact) mass is 270 g/mol. The van der Waals surface area contributed by atoms with Crippen molar-refractivity contribution in [2.75, 3.05) is 43.9 Å². The summed E-state index contributed by atoms with van der Waals surface area (Å²) in [6.45, 7) is 4.20. The largest absolute Gasteiger partial charge is 0.398 e. The lowest BCUT2D eigenvalue weighted by Gasteiger charge is -2.33. The number of pyridine rings is 1. The molecule has 0 saturated carbocycles. The Balaban J connectivity index is 2.12. The van der Waals surface area contributed by atoms with Crippen LogP contribution < -0.4 is 10.6 Å². The molecule has 1 aliphatic rings. The highest BCUT2D eigenvalue weighted by Crippen LogP contribution is 2.23. The van der Waals surface area contributed by atoms with Gasteiger partial charge in [0.05, 0.1) is 10.2 Å². The Kier molecular flexibility index (Phi) is 3.11. The molecule has 1 aliphatic heterocycles. The van der Waals surface area contributed by atoms with Crippen LogP contribution in [0.25, 0.3) is 0 Å². The van der Waals surface area contributed by atoms with E-state index in [-0.39, 0.29) is 0 Å². The maximum absolute atomic E-state index is 5.83. The molecule has 0 atom stereocenters. The van der Waals surface area contributed by atoms with E-state index >= 15 is 0 Å². The molecule has 5 heteroatoms. The van der Waals surface area contributed by atoms with Crippen LogP contribution in [0.2, 0.25) is 0 Å². The number of hydrogen-bond acceptors (Lipinski definition) is 4. The summed E-state index contributed by atoms with van der Waals surface area (Å²) in [5, 5.41) is 0. The lowest BCUT2D eigenvalue weighted by Crippen LogP contribution is -2.44. The number of likely N-dealkylation sites (N-methyl/N-ethyl adjacent to an activating group) is 1. The van der Waals surface area contributed by atoms with Crippen LogP contribution in [0.4, 0.5) is 11.5 Å². The Labute approximate surface area is 98.2 Å². The molecule has 0 amide bonds. The number of anilines is 2.